The van der Waals surface area contributed by atoms with Crippen LogP contribution in [0.4, 0.5) is 0 Å². The molecule has 2 heterocycles. The van der Waals surface area contributed by atoms with Crippen LogP contribution in [0.1, 0.15) is 20.3 Å². The lowest BCUT2D eigenvalue weighted by Gasteiger charge is -2.31. The number of hydrogen-bond donors (Lipinski definition) is 3. The van der Waals surface area contributed by atoms with E-state index in [4.69, 9.17) is 5.73 Å². The minimum absolute atomic E-state index is 0.0918. The van der Waals surface area contributed by atoms with Gasteiger partial charge in [0.1, 0.15) is 18.7 Å². The van der Waals surface area contributed by atoms with Crippen LogP contribution in [0.3, 0.4) is 0 Å². The van der Waals surface area contributed by atoms with E-state index < -0.39 is 18.2 Å². The normalized spacial score (nSPS) is 27.2. The Kier molecular flexibility index (Phi) is 4.60. The standard InChI is InChI=1S/C13H23N5O3/c1-13(2)3-10(19)11(20)5-17(6-13)12(21)9(14)4-18-8-15-7-16-18/h7-11,19-20H,3-6,14H2,1-2H3/t9?,10-,11+/m1/s1. The van der Waals surface area contributed by atoms with Crippen LogP contribution in [0.25, 0.3) is 0 Å². The van der Waals surface area contributed by atoms with Crippen molar-refractivity contribution in [1.82, 2.24) is 19.7 Å². The lowest BCUT2D eigenvalue weighted by Crippen LogP contribution is -2.50. The zero-order valence-corrected chi connectivity index (χ0v) is 12.4. The maximum atomic E-state index is 12.5. The van der Waals surface area contributed by atoms with Gasteiger partial charge in [-0.1, -0.05) is 13.8 Å². The number of carbonyl (C=O) groups is 1. The monoisotopic (exact) mass is 297 g/mol. The predicted molar refractivity (Wildman–Crippen MR) is 75.0 cm³/mol. The van der Waals surface area contributed by atoms with Gasteiger partial charge in [0.2, 0.25) is 5.91 Å². The lowest BCUT2D eigenvalue weighted by atomic mass is 9.86. The number of aliphatic hydroxyl groups excluding tert-OH is 2. The molecule has 0 aliphatic carbocycles. The molecule has 0 radical (unpaired) electrons. The number of nitrogens with two attached hydrogens (primary N) is 1. The number of aliphatic hydroxyl groups is 2. The number of carbonyl (C=O) groups excluding carboxylic acids is 1. The molecule has 8 nitrogen and oxygen atoms in total. The first-order chi connectivity index (χ1) is 9.78. The fourth-order valence-corrected chi connectivity index (χ4v) is 2.70. The number of likely N-dealkylation sites (tertiary alicyclic amines) is 1. The number of aromatic nitrogens is 3. The van der Waals surface area contributed by atoms with Crippen LogP contribution in [0.5, 0.6) is 0 Å². The van der Waals surface area contributed by atoms with Gasteiger partial charge < -0.3 is 20.8 Å². The topological polar surface area (TPSA) is 118 Å². The van der Waals surface area contributed by atoms with E-state index >= 15 is 0 Å². The molecule has 0 aromatic carbocycles. The van der Waals surface area contributed by atoms with Crippen LogP contribution in [-0.4, -0.2) is 67.1 Å². The molecule has 0 bridgehead atoms. The third kappa shape index (κ3) is 3.99. The van der Waals surface area contributed by atoms with Gasteiger partial charge in [0, 0.05) is 13.1 Å². The summed E-state index contributed by atoms with van der Waals surface area (Å²) in [7, 11) is 0. The first-order valence-electron chi connectivity index (χ1n) is 7.01. The van der Waals surface area contributed by atoms with E-state index in [1.807, 2.05) is 13.8 Å². The van der Waals surface area contributed by atoms with Gasteiger partial charge in [-0.3, -0.25) is 9.48 Å². The Balaban J connectivity index is 2.06. The molecule has 8 heteroatoms. The van der Waals surface area contributed by atoms with Crippen molar-refractivity contribution >= 4 is 5.91 Å². The quantitative estimate of drug-likeness (QED) is 0.630. The van der Waals surface area contributed by atoms with Crippen molar-refractivity contribution in [3.8, 4) is 0 Å². The number of rotatable bonds is 3. The van der Waals surface area contributed by atoms with Crippen LogP contribution in [0.2, 0.25) is 0 Å². The van der Waals surface area contributed by atoms with Gasteiger partial charge in [0.25, 0.3) is 0 Å². The highest BCUT2D eigenvalue weighted by Gasteiger charge is 2.37. The van der Waals surface area contributed by atoms with Gasteiger partial charge in [0.05, 0.1) is 18.8 Å². The van der Waals surface area contributed by atoms with Crippen molar-refractivity contribution in [2.45, 2.75) is 45.1 Å². The second kappa shape index (κ2) is 6.08. The summed E-state index contributed by atoms with van der Waals surface area (Å²) in [5, 5.41) is 23.8. The third-order valence-corrected chi connectivity index (χ3v) is 3.71. The van der Waals surface area contributed by atoms with Crippen molar-refractivity contribution in [2.75, 3.05) is 13.1 Å². The summed E-state index contributed by atoms with van der Waals surface area (Å²) in [6.45, 7) is 4.68. The number of nitrogens with zero attached hydrogens (tertiary/aromatic N) is 4. The van der Waals surface area contributed by atoms with Crippen molar-refractivity contribution in [1.29, 1.82) is 0 Å². The fraction of sp³-hybridized carbons (Fsp3) is 0.769. The molecule has 1 saturated heterocycles. The Labute approximate surface area is 123 Å². The Bertz CT molecular complexity index is 476. The van der Waals surface area contributed by atoms with E-state index in [2.05, 4.69) is 10.1 Å². The third-order valence-electron chi connectivity index (χ3n) is 3.71. The predicted octanol–water partition coefficient (Wildman–Crippen LogP) is -1.41. The van der Waals surface area contributed by atoms with E-state index in [-0.39, 0.29) is 24.4 Å². The van der Waals surface area contributed by atoms with Crippen LogP contribution in [-0.2, 0) is 11.3 Å². The number of hydrogen-bond acceptors (Lipinski definition) is 6. The van der Waals surface area contributed by atoms with E-state index in [0.29, 0.717) is 13.0 Å². The highest BCUT2D eigenvalue weighted by atomic mass is 16.3. The maximum absolute atomic E-state index is 12.5. The number of β-amino-alcohol motifs (C(OH)–C–C–N with tert-alkyl or cyclic N) is 1. The fourth-order valence-electron chi connectivity index (χ4n) is 2.70. The van der Waals surface area contributed by atoms with E-state index in [0.717, 1.165) is 0 Å². The molecule has 1 aromatic rings. The van der Waals surface area contributed by atoms with Crippen LogP contribution in [0, 0.1) is 5.41 Å². The average molecular weight is 297 g/mol. The van der Waals surface area contributed by atoms with Gasteiger partial charge >= 0.3 is 0 Å². The SMILES string of the molecule is CC1(C)C[C@@H](O)[C@@H](O)CN(C(=O)C(N)Cn2cncn2)C1. The second-order valence-electron chi connectivity index (χ2n) is 6.45. The maximum Gasteiger partial charge on any atom is 0.241 e. The molecule has 4 N–H and O–H groups in total. The van der Waals surface area contributed by atoms with Gasteiger partial charge in [-0.15, -0.1) is 0 Å². The molecule has 118 valence electrons. The molecule has 1 aromatic heterocycles. The van der Waals surface area contributed by atoms with E-state index in [1.54, 1.807) is 0 Å². The molecule has 2 rings (SSSR count). The molecule has 0 spiro atoms. The molecule has 1 fully saturated rings. The average Bonchev–Trinajstić information content (AvgIpc) is 2.85. The van der Waals surface area contributed by atoms with Crippen LogP contribution in [0.15, 0.2) is 12.7 Å². The molecule has 1 unspecified atom stereocenters. The van der Waals surface area contributed by atoms with Crippen molar-refractivity contribution in [3.05, 3.63) is 12.7 Å². The van der Waals surface area contributed by atoms with Gasteiger partial charge in [-0.05, 0) is 11.8 Å². The van der Waals surface area contributed by atoms with Gasteiger partial charge in [-0.2, -0.15) is 5.10 Å². The summed E-state index contributed by atoms with van der Waals surface area (Å²) in [6, 6.07) is -0.759. The largest absolute Gasteiger partial charge is 0.390 e. The summed E-state index contributed by atoms with van der Waals surface area (Å²) >= 11 is 0. The van der Waals surface area contributed by atoms with Crippen molar-refractivity contribution in [2.24, 2.45) is 11.1 Å². The Morgan fingerprint density at radius 2 is 2.19 bits per heavy atom. The summed E-state index contributed by atoms with van der Waals surface area (Å²) < 4.78 is 1.50. The zero-order valence-electron chi connectivity index (χ0n) is 12.4. The number of amides is 1. The summed E-state index contributed by atoms with van der Waals surface area (Å²) in [6.07, 6.45) is 1.54. The summed E-state index contributed by atoms with van der Waals surface area (Å²) in [5.74, 6) is -0.258. The summed E-state index contributed by atoms with van der Waals surface area (Å²) in [4.78, 5) is 17.8. The zero-order chi connectivity index (χ0) is 15.6. The van der Waals surface area contributed by atoms with Gasteiger partial charge in [0.15, 0.2) is 0 Å². The first kappa shape index (κ1) is 15.9. The highest BCUT2D eigenvalue weighted by Crippen LogP contribution is 2.28. The molecule has 0 saturated carbocycles. The molecular formula is C13H23N5O3. The Morgan fingerprint density at radius 3 is 2.81 bits per heavy atom. The van der Waals surface area contributed by atoms with Crippen LogP contribution < -0.4 is 5.73 Å². The van der Waals surface area contributed by atoms with Gasteiger partial charge in [-0.25, -0.2) is 4.98 Å². The first-order valence-corrected chi connectivity index (χ1v) is 7.01. The lowest BCUT2D eigenvalue weighted by molar-refractivity contribution is -0.135. The minimum Gasteiger partial charge on any atom is -0.390 e. The molecule has 1 aliphatic heterocycles. The van der Waals surface area contributed by atoms with Crippen LogP contribution >= 0.6 is 0 Å². The summed E-state index contributed by atoms with van der Waals surface area (Å²) in [5.41, 5.74) is 5.66. The molecular weight excluding hydrogens is 274 g/mol. The minimum atomic E-state index is -0.950. The van der Waals surface area contributed by atoms with Crippen molar-refractivity contribution < 1.29 is 15.0 Å². The molecule has 1 amide bonds. The molecule has 21 heavy (non-hydrogen) atoms. The highest BCUT2D eigenvalue weighted by molar-refractivity contribution is 5.81. The van der Waals surface area contributed by atoms with E-state index in [9.17, 15) is 15.0 Å². The van der Waals surface area contributed by atoms with Crippen molar-refractivity contribution in [3.63, 3.8) is 0 Å². The molecule has 3 atom stereocenters. The molecule has 1 aliphatic rings. The van der Waals surface area contributed by atoms with E-state index in [1.165, 1.54) is 22.2 Å². The second-order valence-corrected chi connectivity index (χ2v) is 6.45. The Morgan fingerprint density at radius 1 is 1.48 bits per heavy atom. The smallest absolute Gasteiger partial charge is 0.241 e. The Hall–Kier alpha value is -1.51.